The van der Waals surface area contributed by atoms with E-state index in [0.29, 0.717) is 29.2 Å². The number of carbonyl (C=O) groups excluding carboxylic acids is 4. The molecule has 2 fully saturated rings. The van der Waals surface area contributed by atoms with Crippen LogP contribution in [0.3, 0.4) is 0 Å². The van der Waals surface area contributed by atoms with E-state index in [9.17, 15) is 19.2 Å². The van der Waals surface area contributed by atoms with Crippen molar-refractivity contribution in [2.45, 2.75) is 18.9 Å². The number of hydrogen-bond donors (Lipinski definition) is 1. The molecule has 1 N–H and O–H groups in total. The maximum Gasteiger partial charge on any atom is 0.334 e. The van der Waals surface area contributed by atoms with Gasteiger partial charge < -0.3 is 10.1 Å². The zero-order valence-corrected chi connectivity index (χ0v) is 12.4. The molecule has 1 aliphatic carbocycles. The second-order valence-electron chi connectivity index (χ2n) is 5.36. The first-order chi connectivity index (χ1) is 11.0. The average Bonchev–Trinajstić information content (AvgIpc) is 3.34. The maximum atomic E-state index is 12.1. The molecule has 8 nitrogen and oxygen atoms in total. The van der Waals surface area contributed by atoms with Gasteiger partial charge in [-0.25, -0.2) is 9.69 Å². The molecule has 0 spiro atoms. The zero-order chi connectivity index (χ0) is 16.6. The number of rotatable bonds is 5. The van der Waals surface area contributed by atoms with Crippen LogP contribution >= 0.6 is 0 Å². The van der Waals surface area contributed by atoms with Crippen molar-refractivity contribution in [2.24, 2.45) is 0 Å². The molecular formula is C15H15N3O5. The Hall–Kier alpha value is -2.90. The monoisotopic (exact) mass is 317 g/mol. The summed E-state index contributed by atoms with van der Waals surface area (Å²) in [4.78, 5) is 49.3. The number of hydrogen-bond acceptors (Lipinski definition) is 5. The Balaban J connectivity index is 1.63. The Morgan fingerprint density at radius 1 is 1.17 bits per heavy atom. The van der Waals surface area contributed by atoms with Crippen molar-refractivity contribution in [2.75, 3.05) is 19.0 Å². The average molecular weight is 317 g/mol. The van der Waals surface area contributed by atoms with Gasteiger partial charge >= 0.3 is 17.8 Å². The summed E-state index contributed by atoms with van der Waals surface area (Å²) in [5.74, 6) is -1.72. The topological polar surface area (TPSA) is 96.0 Å². The largest absolute Gasteiger partial charge is 0.497 e. The summed E-state index contributed by atoms with van der Waals surface area (Å²) in [6.07, 6.45) is 1.41. The molecule has 0 aromatic heterocycles. The van der Waals surface area contributed by atoms with E-state index >= 15 is 0 Å². The van der Waals surface area contributed by atoms with Gasteiger partial charge in [-0.3, -0.25) is 19.3 Å². The second-order valence-corrected chi connectivity index (χ2v) is 5.36. The molecule has 1 aliphatic heterocycles. The number of carbonyl (C=O) groups is 4. The quantitative estimate of drug-likeness (QED) is 0.633. The third-order valence-corrected chi connectivity index (χ3v) is 3.67. The number of nitrogens with one attached hydrogen (secondary N) is 1. The highest BCUT2D eigenvalue weighted by atomic mass is 16.5. The molecule has 1 aromatic carbocycles. The van der Waals surface area contributed by atoms with Crippen molar-refractivity contribution in [3.05, 3.63) is 24.3 Å². The summed E-state index contributed by atoms with van der Waals surface area (Å²) in [7, 11) is 1.53. The van der Waals surface area contributed by atoms with E-state index < -0.39 is 30.3 Å². The van der Waals surface area contributed by atoms with Crippen LogP contribution in [-0.4, -0.2) is 53.2 Å². The Kier molecular flexibility index (Phi) is 3.73. The minimum atomic E-state index is -0.952. The lowest BCUT2D eigenvalue weighted by Gasteiger charge is -2.14. The maximum absolute atomic E-state index is 12.1. The van der Waals surface area contributed by atoms with Crippen LogP contribution in [0, 0.1) is 0 Å². The first kappa shape index (κ1) is 15.0. The van der Waals surface area contributed by atoms with Crippen molar-refractivity contribution >= 4 is 29.4 Å². The molecule has 120 valence electrons. The number of urea groups is 1. The second kappa shape index (κ2) is 5.71. The number of nitrogens with zero attached hydrogens (tertiary/aromatic N) is 2. The summed E-state index contributed by atoms with van der Waals surface area (Å²) < 4.78 is 5.01. The molecule has 1 aromatic rings. The fourth-order valence-electron chi connectivity index (χ4n) is 2.33. The van der Waals surface area contributed by atoms with Crippen molar-refractivity contribution in [1.82, 2.24) is 9.80 Å². The van der Waals surface area contributed by atoms with E-state index in [1.54, 1.807) is 24.3 Å². The van der Waals surface area contributed by atoms with E-state index in [-0.39, 0.29) is 6.04 Å². The van der Waals surface area contributed by atoms with Crippen LogP contribution in [0.5, 0.6) is 5.75 Å². The number of imide groups is 2. The first-order valence-electron chi connectivity index (χ1n) is 7.14. The lowest BCUT2D eigenvalue weighted by molar-refractivity contribution is -0.143. The third kappa shape index (κ3) is 2.87. The van der Waals surface area contributed by atoms with Crippen molar-refractivity contribution in [3.63, 3.8) is 0 Å². The van der Waals surface area contributed by atoms with Gasteiger partial charge in [-0.05, 0) is 37.1 Å². The van der Waals surface area contributed by atoms with Gasteiger partial charge in [-0.2, -0.15) is 0 Å². The summed E-state index contributed by atoms with van der Waals surface area (Å²) in [5, 5.41) is 2.57. The molecule has 1 heterocycles. The van der Waals surface area contributed by atoms with Crippen LogP contribution in [0.15, 0.2) is 24.3 Å². The van der Waals surface area contributed by atoms with Crippen LogP contribution < -0.4 is 10.1 Å². The van der Waals surface area contributed by atoms with E-state index in [1.807, 2.05) is 0 Å². The first-order valence-corrected chi connectivity index (χ1v) is 7.14. The van der Waals surface area contributed by atoms with E-state index in [0.717, 1.165) is 4.90 Å². The minimum Gasteiger partial charge on any atom is -0.497 e. The van der Waals surface area contributed by atoms with Gasteiger partial charge in [0.15, 0.2) is 0 Å². The van der Waals surface area contributed by atoms with Gasteiger partial charge in [0.25, 0.3) is 0 Å². The molecule has 8 heteroatoms. The molecule has 0 unspecified atom stereocenters. The smallest absolute Gasteiger partial charge is 0.334 e. The normalized spacial score (nSPS) is 17.7. The summed E-state index contributed by atoms with van der Waals surface area (Å²) in [6.45, 7) is -0.487. The van der Waals surface area contributed by atoms with Gasteiger partial charge in [0.1, 0.15) is 12.3 Å². The fraction of sp³-hybridized carbons (Fsp3) is 0.333. The fourth-order valence-corrected chi connectivity index (χ4v) is 2.33. The molecule has 3 rings (SSSR count). The molecular weight excluding hydrogens is 302 g/mol. The highest BCUT2D eigenvalue weighted by Crippen LogP contribution is 2.30. The molecule has 0 bridgehead atoms. The predicted molar refractivity (Wildman–Crippen MR) is 78.6 cm³/mol. The van der Waals surface area contributed by atoms with E-state index in [2.05, 4.69) is 5.32 Å². The van der Waals surface area contributed by atoms with Gasteiger partial charge in [0, 0.05) is 11.7 Å². The van der Waals surface area contributed by atoms with Gasteiger partial charge in [-0.15, -0.1) is 0 Å². The number of benzene rings is 1. The lowest BCUT2D eigenvalue weighted by Crippen LogP contribution is -2.39. The number of ether oxygens (including phenoxy) is 1. The predicted octanol–water partition coefficient (Wildman–Crippen LogP) is 0.587. The molecule has 0 atom stereocenters. The van der Waals surface area contributed by atoms with E-state index in [1.165, 1.54) is 7.11 Å². The minimum absolute atomic E-state index is 0.200. The van der Waals surface area contributed by atoms with Gasteiger partial charge in [0.2, 0.25) is 5.91 Å². The van der Waals surface area contributed by atoms with Crippen LogP contribution in [0.1, 0.15) is 12.8 Å². The Bertz CT molecular complexity index is 681. The van der Waals surface area contributed by atoms with Crippen molar-refractivity contribution in [1.29, 1.82) is 0 Å². The van der Waals surface area contributed by atoms with Crippen molar-refractivity contribution in [3.8, 4) is 5.75 Å². The van der Waals surface area contributed by atoms with E-state index in [4.69, 9.17) is 4.74 Å². The highest BCUT2D eigenvalue weighted by Gasteiger charge is 2.51. The zero-order valence-electron chi connectivity index (χ0n) is 12.4. The molecule has 1 saturated carbocycles. The summed E-state index contributed by atoms with van der Waals surface area (Å²) in [5.41, 5.74) is 0.500. The van der Waals surface area contributed by atoms with Gasteiger partial charge in [-0.1, -0.05) is 0 Å². The van der Waals surface area contributed by atoms with Crippen molar-refractivity contribution < 1.29 is 23.9 Å². The third-order valence-electron chi connectivity index (χ3n) is 3.67. The Morgan fingerprint density at radius 3 is 2.39 bits per heavy atom. The molecule has 23 heavy (non-hydrogen) atoms. The van der Waals surface area contributed by atoms with Crippen LogP contribution in [0.25, 0.3) is 0 Å². The summed E-state index contributed by atoms with van der Waals surface area (Å²) in [6, 6.07) is 5.68. The highest BCUT2D eigenvalue weighted by molar-refractivity contribution is 6.45. The SMILES string of the molecule is COc1ccc(NC(=O)CN2C(=O)C(=O)N(C3CC3)C2=O)cc1. The summed E-state index contributed by atoms with van der Waals surface area (Å²) >= 11 is 0. The number of methoxy groups -OCH3 is 1. The Morgan fingerprint density at radius 2 is 1.83 bits per heavy atom. The molecule has 0 radical (unpaired) electrons. The molecule has 2 aliphatic rings. The van der Waals surface area contributed by atoms with Crippen LogP contribution in [0.4, 0.5) is 10.5 Å². The molecule has 5 amide bonds. The van der Waals surface area contributed by atoms with Crippen LogP contribution in [-0.2, 0) is 14.4 Å². The van der Waals surface area contributed by atoms with Gasteiger partial charge in [0.05, 0.1) is 7.11 Å². The molecule has 1 saturated heterocycles. The lowest BCUT2D eigenvalue weighted by atomic mass is 10.3. The number of amides is 5. The Labute approximate surface area is 132 Å². The number of anilines is 1. The standard InChI is InChI=1S/C15H15N3O5/c1-23-11-6-2-9(3-7-11)16-12(19)8-17-13(20)14(21)18(15(17)22)10-4-5-10/h2-3,6-7,10H,4-5,8H2,1H3,(H,16,19). The van der Waals surface area contributed by atoms with Crippen LogP contribution in [0.2, 0.25) is 0 Å².